The zero-order valence-electron chi connectivity index (χ0n) is 9.01. The van der Waals surface area contributed by atoms with E-state index >= 15 is 0 Å². The normalized spacial score (nSPS) is 10.3. The van der Waals surface area contributed by atoms with Crippen molar-refractivity contribution in [3.63, 3.8) is 0 Å². The smallest absolute Gasteiger partial charge is 0.258 e. The number of halogens is 2. The molecule has 0 aliphatic carbocycles. The molecular formula is C11H7Cl2N3O2. The van der Waals surface area contributed by atoms with E-state index in [1.165, 1.54) is 12.4 Å². The first kappa shape index (κ1) is 12.7. The molecule has 0 N–H and O–H groups in total. The number of hydrogen-bond donors (Lipinski definition) is 0. The predicted molar refractivity (Wildman–Crippen MR) is 68.0 cm³/mol. The van der Waals surface area contributed by atoms with Gasteiger partial charge in [0, 0.05) is 6.42 Å². The van der Waals surface area contributed by atoms with Gasteiger partial charge in [0.05, 0.1) is 15.0 Å². The van der Waals surface area contributed by atoms with Gasteiger partial charge >= 0.3 is 5.69 Å². The maximum atomic E-state index is 10.5. The third kappa shape index (κ3) is 2.75. The summed E-state index contributed by atoms with van der Waals surface area (Å²) in [6.45, 7) is 0. The van der Waals surface area contributed by atoms with E-state index in [-0.39, 0.29) is 5.69 Å². The molecule has 0 atom stereocenters. The van der Waals surface area contributed by atoms with Crippen LogP contribution in [0.25, 0.3) is 0 Å². The molecule has 1 aromatic carbocycles. The molecule has 0 aliphatic rings. The number of benzene rings is 1. The van der Waals surface area contributed by atoms with Crippen LogP contribution < -0.4 is 0 Å². The summed E-state index contributed by atoms with van der Waals surface area (Å²) in [6, 6.07) is 5.26. The van der Waals surface area contributed by atoms with Crippen LogP contribution in [0, 0.1) is 10.1 Å². The van der Waals surface area contributed by atoms with Crippen LogP contribution in [-0.4, -0.2) is 14.9 Å². The van der Waals surface area contributed by atoms with Crippen molar-refractivity contribution in [2.24, 2.45) is 0 Å². The SMILES string of the molecule is O=[N+]([O-])c1cnc(Cc2cccc(Cl)c2Cl)nc1. The average molecular weight is 284 g/mol. The van der Waals surface area contributed by atoms with Gasteiger partial charge in [-0.2, -0.15) is 0 Å². The van der Waals surface area contributed by atoms with E-state index in [2.05, 4.69) is 9.97 Å². The summed E-state index contributed by atoms with van der Waals surface area (Å²) < 4.78 is 0. The first-order chi connectivity index (χ1) is 8.58. The summed E-state index contributed by atoms with van der Waals surface area (Å²) in [5, 5.41) is 11.4. The lowest BCUT2D eigenvalue weighted by Gasteiger charge is -2.04. The Balaban J connectivity index is 2.24. The molecule has 0 spiro atoms. The molecule has 0 saturated heterocycles. The average Bonchev–Trinajstić information content (AvgIpc) is 2.36. The standard InChI is InChI=1S/C11H7Cl2N3O2/c12-9-3-1-2-7(11(9)13)4-10-14-5-8(6-15-10)16(17)18/h1-3,5-6H,4H2. The second kappa shape index (κ2) is 5.29. The molecule has 0 fully saturated rings. The monoisotopic (exact) mass is 283 g/mol. The highest BCUT2D eigenvalue weighted by Gasteiger charge is 2.09. The van der Waals surface area contributed by atoms with Crippen LogP contribution >= 0.6 is 23.2 Å². The second-order valence-electron chi connectivity index (χ2n) is 3.50. The fourth-order valence-corrected chi connectivity index (χ4v) is 1.78. The Bertz CT molecular complexity index is 587. The maximum Gasteiger partial charge on any atom is 0.305 e. The van der Waals surface area contributed by atoms with Crippen LogP contribution in [0.1, 0.15) is 11.4 Å². The third-order valence-electron chi connectivity index (χ3n) is 2.28. The van der Waals surface area contributed by atoms with Crippen molar-refractivity contribution in [3.05, 3.63) is 62.1 Å². The largest absolute Gasteiger partial charge is 0.305 e. The van der Waals surface area contributed by atoms with Gasteiger partial charge in [-0.25, -0.2) is 9.97 Å². The minimum absolute atomic E-state index is 0.143. The highest BCUT2D eigenvalue weighted by Crippen LogP contribution is 2.26. The molecule has 1 heterocycles. The number of nitro groups is 1. The molecule has 18 heavy (non-hydrogen) atoms. The molecule has 92 valence electrons. The van der Waals surface area contributed by atoms with Crippen molar-refractivity contribution >= 4 is 28.9 Å². The molecule has 0 aliphatic heterocycles. The Morgan fingerprint density at radius 2 is 1.89 bits per heavy atom. The van der Waals surface area contributed by atoms with E-state index in [1.54, 1.807) is 18.2 Å². The molecule has 0 amide bonds. The molecule has 1 aromatic heterocycles. The van der Waals surface area contributed by atoms with Gasteiger partial charge in [0.1, 0.15) is 18.2 Å². The van der Waals surface area contributed by atoms with Crippen molar-refractivity contribution in [2.75, 3.05) is 0 Å². The minimum Gasteiger partial charge on any atom is -0.258 e. The Morgan fingerprint density at radius 3 is 2.50 bits per heavy atom. The lowest BCUT2D eigenvalue weighted by Crippen LogP contribution is -1.98. The van der Waals surface area contributed by atoms with Crippen LogP contribution in [-0.2, 0) is 6.42 Å². The Kier molecular flexibility index (Phi) is 3.74. The molecule has 0 bridgehead atoms. The van der Waals surface area contributed by atoms with E-state index in [0.29, 0.717) is 22.3 Å². The van der Waals surface area contributed by atoms with E-state index in [1.807, 2.05) is 0 Å². The first-order valence-corrected chi connectivity index (χ1v) is 5.71. The minimum atomic E-state index is -0.545. The molecule has 2 aromatic rings. The number of nitrogens with zero attached hydrogens (tertiary/aromatic N) is 3. The highest BCUT2D eigenvalue weighted by molar-refractivity contribution is 6.42. The van der Waals surface area contributed by atoms with Crippen LogP contribution in [0.3, 0.4) is 0 Å². The molecule has 0 unspecified atom stereocenters. The van der Waals surface area contributed by atoms with Crippen molar-refractivity contribution in [1.29, 1.82) is 0 Å². The summed E-state index contributed by atoms with van der Waals surface area (Å²) in [7, 11) is 0. The molecular weight excluding hydrogens is 277 g/mol. The summed E-state index contributed by atoms with van der Waals surface area (Å²) >= 11 is 11.9. The van der Waals surface area contributed by atoms with Crippen molar-refractivity contribution in [3.8, 4) is 0 Å². The quantitative estimate of drug-likeness (QED) is 0.640. The first-order valence-electron chi connectivity index (χ1n) is 4.96. The predicted octanol–water partition coefficient (Wildman–Crippen LogP) is 3.28. The third-order valence-corrected chi connectivity index (χ3v) is 3.14. The number of rotatable bonds is 3. The van der Waals surface area contributed by atoms with Crippen molar-refractivity contribution in [1.82, 2.24) is 9.97 Å². The van der Waals surface area contributed by atoms with Gasteiger partial charge < -0.3 is 0 Å². The molecule has 0 radical (unpaired) electrons. The van der Waals surface area contributed by atoms with Gasteiger partial charge in [-0.1, -0.05) is 35.3 Å². The van der Waals surface area contributed by atoms with Gasteiger partial charge in [0.2, 0.25) is 0 Å². The van der Waals surface area contributed by atoms with E-state index in [0.717, 1.165) is 5.56 Å². The summed E-state index contributed by atoms with van der Waals surface area (Å²) in [5.41, 5.74) is 0.633. The Morgan fingerprint density at radius 1 is 1.22 bits per heavy atom. The Labute approximate surface area is 113 Å². The number of aromatic nitrogens is 2. The highest BCUT2D eigenvalue weighted by atomic mass is 35.5. The molecule has 2 rings (SSSR count). The topological polar surface area (TPSA) is 68.9 Å². The van der Waals surface area contributed by atoms with Crippen molar-refractivity contribution < 1.29 is 4.92 Å². The van der Waals surface area contributed by atoms with Gasteiger partial charge in [0.25, 0.3) is 0 Å². The van der Waals surface area contributed by atoms with E-state index in [9.17, 15) is 10.1 Å². The zero-order valence-corrected chi connectivity index (χ0v) is 10.5. The van der Waals surface area contributed by atoms with Crippen LogP contribution in [0.4, 0.5) is 5.69 Å². The van der Waals surface area contributed by atoms with E-state index in [4.69, 9.17) is 23.2 Å². The van der Waals surface area contributed by atoms with Gasteiger partial charge in [0.15, 0.2) is 0 Å². The van der Waals surface area contributed by atoms with Gasteiger partial charge in [-0.05, 0) is 11.6 Å². The van der Waals surface area contributed by atoms with Crippen LogP contribution in [0.5, 0.6) is 0 Å². The fourth-order valence-electron chi connectivity index (χ4n) is 1.39. The van der Waals surface area contributed by atoms with Crippen LogP contribution in [0.15, 0.2) is 30.6 Å². The summed E-state index contributed by atoms with van der Waals surface area (Å²) in [5.74, 6) is 0.449. The molecule has 7 heteroatoms. The maximum absolute atomic E-state index is 10.5. The zero-order chi connectivity index (χ0) is 13.1. The van der Waals surface area contributed by atoms with Crippen molar-refractivity contribution in [2.45, 2.75) is 6.42 Å². The summed E-state index contributed by atoms with van der Waals surface area (Å²) in [4.78, 5) is 17.7. The molecule has 0 saturated carbocycles. The molecule has 5 nitrogen and oxygen atoms in total. The summed E-state index contributed by atoms with van der Waals surface area (Å²) in [6.07, 6.45) is 2.71. The number of hydrogen-bond acceptors (Lipinski definition) is 4. The van der Waals surface area contributed by atoms with Gasteiger partial charge in [-0.3, -0.25) is 10.1 Å². The second-order valence-corrected chi connectivity index (χ2v) is 4.29. The van der Waals surface area contributed by atoms with Crippen LogP contribution in [0.2, 0.25) is 10.0 Å². The fraction of sp³-hybridized carbons (Fsp3) is 0.0909. The lowest BCUT2D eigenvalue weighted by atomic mass is 10.1. The Hall–Kier alpha value is -1.72. The van der Waals surface area contributed by atoms with E-state index < -0.39 is 4.92 Å². The lowest BCUT2D eigenvalue weighted by molar-refractivity contribution is -0.385. The van der Waals surface area contributed by atoms with Gasteiger partial charge in [-0.15, -0.1) is 0 Å².